The van der Waals surface area contributed by atoms with Crippen molar-refractivity contribution in [2.24, 2.45) is 0 Å². The van der Waals surface area contributed by atoms with Gasteiger partial charge < -0.3 is 31.9 Å². The van der Waals surface area contributed by atoms with Crippen molar-refractivity contribution in [1.29, 1.82) is 0 Å². The lowest BCUT2D eigenvalue weighted by Crippen LogP contribution is -2.41. The Labute approximate surface area is 221 Å². The number of nitrogens with one attached hydrogen (secondary N) is 4. The number of amides is 1. The van der Waals surface area contributed by atoms with Gasteiger partial charge in [-0.2, -0.15) is 4.98 Å². The molecule has 0 aliphatic carbocycles. The average Bonchev–Trinajstić information content (AvgIpc) is 3.23. The molecule has 202 valence electrons. The van der Waals surface area contributed by atoms with Crippen LogP contribution in [0.15, 0.2) is 72.0 Å². The van der Waals surface area contributed by atoms with Gasteiger partial charge in [-0.05, 0) is 42.8 Å². The Hall–Kier alpha value is -5.53. The molecule has 1 aromatic carbocycles. The molecule has 2 aromatic heterocycles. The number of allylic oxidation sites excluding steroid dienone is 4. The minimum atomic E-state index is -1.31. The maximum Gasteiger partial charge on any atom is 0.326 e. The number of hydrogen-bond acceptors (Lipinski definition) is 10. The molecule has 1 aliphatic heterocycles. The van der Waals surface area contributed by atoms with Gasteiger partial charge in [-0.25, -0.2) is 14.8 Å². The predicted octanol–water partition coefficient (Wildman–Crippen LogP) is 1.13. The Morgan fingerprint density at radius 1 is 1.00 bits per heavy atom. The molecule has 0 radical (unpaired) electrons. The summed E-state index contributed by atoms with van der Waals surface area (Å²) in [6, 6.07) is 4.86. The topological polar surface area (TPSA) is 225 Å². The number of carboxylic acid groups (broad SMARTS) is 2. The lowest BCUT2D eigenvalue weighted by molar-refractivity contribution is -0.140. The van der Waals surface area contributed by atoms with Crippen LogP contribution >= 0.6 is 0 Å². The Balaban J connectivity index is 0.000000520. The summed E-state index contributed by atoms with van der Waals surface area (Å²) in [4.78, 5) is 60.6. The molecule has 0 spiro atoms. The monoisotopic (exact) mass is 534 g/mol. The number of rotatable bonds is 9. The van der Waals surface area contributed by atoms with E-state index >= 15 is 0 Å². The van der Waals surface area contributed by atoms with E-state index in [1.807, 2.05) is 36.7 Å². The molecule has 0 saturated carbocycles. The van der Waals surface area contributed by atoms with Crippen LogP contribution in [0.1, 0.15) is 28.9 Å². The van der Waals surface area contributed by atoms with Crippen LogP contribution < -0.4 is 27.2 Å². The number of fused-ring (bicyclic) bond motifs is 1. The van der Waals surface area contributed by atoms with Crippen molar-refractivity contribution in [1.82, 2.24) is 30.6 Å². The second-order valence-electron chi connectivity index (χ2n) is 7.98. The van der Waals surface area contributed by atoms with E-state index in [4.69, 9.17) is 15.9 Å². The number of carbonyl (C=O) groups excluding carboxylic acids is 1. The Bertz CT molecular complexity index is 1470. The molecule has 1 unspecified atom stereocenters. The van der Waals surface area contributed by atoms with Gasteiger partial charge in [0.2, 0.25) is 5.95 Å². The number of nitrogens with two attached hydrogens (primary N) is 1. The lowest BCUT2D eigenvalue weighted by atomic mass is 10.1. The third-order valence-electron chi connectivity index (χ3n) is 5.08. The van der Waals surface area contributed by atoms with Gasteiger partial charge in [0.05, 0.1) is 18.4 Å². The minimum absolute atomic E-state index is 0.0524. The summed E-state index contributed by atoms with van der Waals surface area (Å²) in [5.41, 5.74) is 6.47. The lowest BCUT2D eigenvalue weighted by Gasteiger charge is -2.14. The molecule has 4 rings (SSSR count). The van der Waals surface area contributed by atoms with Gasteiger partial charge in [-0.1, -0.05) is 12.2 Å². The van der Waals surface area contributed by atoms with E-state index in [1.165, 1.54) is 18.3 Å². The Kier molecular flexibility index (Phi) is 9.84. The number of anilines is 2. The zero-order valence-corrected chi connectivity index (χ0v) is 20.5. The summed E-state index contributed by atoms with van der Waals surface area (Å²) in [5, 5.41) is 26.1. The van der Waals surface area contributed by atoms with Gasteiger partial charge in [0.15, 0.2) is 11.2 Å². The third kappa shape index (κ3) is 8.82. The molecular weight excluding hydrogens is 508 g/mol. The minimum Gasteiger partial charge on any atom is -0.481 e. The van der Waals surface area contributed by atoms with E-state index in [2.05, 4.69) is 35.9 Å². The van der Waals surface area contributed by atoms with Crippen LogP contribution in [0.2, 0.25) is 0 Å². The summed E-state index contributed by atoms with van der Waals surface area (Å²) in [5.74, 6) is -3.16. The molecule has 0 saturated heterocycles. The molecule has 39 heavy (non-hydrogen) atoms. The van der Waals surface area contributed by atoms with Crippen LogP contribution in [0, 0.1) is 0 Å². The second kappa shape index (κ2) is 13.7. The zero-order chi connectivity index (χ0) is 28.2. The maximum absolute atomic E-state index is 12.3. The van der Waals surface area contributed by atoms with Gasteiger partial charge in [0.25, 0.3) is 11.5 Å². The maximum atomic E-state index is 12.3. The fourth-order valence-corrected chi connectivity index (χ4v) is 3.16. The fraction of sp³-hybridized carbons (Fsp3) is 0.160. The van der Waals surface area contributed by atoms with Crippen LogP contribution in [0.4, 0.5) is 11.6 Å². The zero-order valence-electron chi connectivity index (χ0n) is 20.5. The number of nitrogens with zero attached hydrogens (tertiary/aromatic N) is 3. The van der Waals surface area contributed by atoms with Gasteiger partial charge in [-0.3, -0.25) is 19.4 Å². The first kappa shape index (κ1) is 28.0. The molecule has 1 atom stereocenters. The van der Waals surface area contributed by atoms with Crippen LogP contribution in [-0.2, 0) is 16.1 Å². The summed E-state index contributed by atoms with van der Waals surface area (Å²) >= 11 is 0. The van der Waals surface area contributed by atoms with Crippen molar-refractivity contribution in [3.05, 3.63) is 88.8 Å². The Morgan fingerprint density at radius 2 is 1.69 bits per heavy atom. The molecular formula is C25H26N8O6. The molecule has 1 aliphatic rings. The van der Waals surface area contributed by atoms with Crippen molar-refractivity contribution in [3.8, 4) is 0 Å². The molecule has 8 N–H and O–H groups in total. The number of aromatic nitrogens is 4. The van der Waals surface area contributed by atoms with Gasteiger partial charge in [0, 0.05) is 30.1 Å². The Morgan fingerprint density at radius 3 is 2.33 bits per heavy atom. The third-order valence-corrected chi connectivity index (χ3v) is 5.08. The second-order valence-corrected chi connectivity index (χ2v) is 7.98. The first-order valence-corrected chi connectivity index (χ1v) is 11.6. The number of hydrogen-bond donors (Lipinski definition) is 7. The molecule has 1 amide bonds. The number of nitrogen functional groups attached to an aromatic ring is 1. The van der Waals surface area contributed by atoms with Crippen molar-refractivity contribution in [2.75, 3.05) is 11.1 Å². The molecule has 14 nitrogen and oxygen atoms in total. The number of H-pyrrole nitrogens is 1. The SMILES string of the molecule is C1=CC=CNC=C1.Nc1nc2ncc(CNc3ccc(C(=O)NC(CCC(=O)O)C(=O)O)cc3)nc2c(=O)[nH]1. The average molecular weight is 535 g/mol. The number of benzene rings is 1. The van der Waals surface area contributed by atoms with E-state index in [9.17, 15) is 19.2 Å². The molecule has 3 heterocycles. The summed E-state index contributed by atoms with van der Waals surface area (Å²) in [6.45, 7) is 0.231. The van der Waals surface area contributed by atoms with Crippen LogP contribution in [-0.4, -0.2) is 54.0 Å². The first-order valence-electron chi connectivity index (χ1n) is 11.6. The standard InChI is InChI=1S/C19H19N7O6.C6H7N/c20-19-25-15-14(17(30)26-19)23-11(8-22-15)7-21-10-3-1-9(2-4-10)16(29)24-12(18(31)32)5-6-13(27)28;1-2-4-6-7-5-3-1/h1-4,8,12,21H,5-7H2,(H,24,29)(H,27,28)(H,31,32)(H3,20,22,25,26,30);1-7H. The van der Waals surface area contributed by atoms with Gasteiger partial charge >= 0.3 is 11.9 Å². The van der Waals surface area contributed by atoms with E-state index in [1.54, 1.807) is 12.1 Å². The highest BCUT2D eigenvalue weighted by Crippen LogP contribution is 2.12. The van der Waals surface area contributed by atoms with Crippen LogP contribution in [0.5, 0.6) is 0 Å². The van der Waals surface area contributed by atoms with Crippen molar-refractivity contribution in [2.45, 2.75) is 25.4 Å². The number of aliphatic carboxylic acids is 2. The largest absolute Gasteiger partial charge is 0.481 e. The van der Waals surface area contributed by atoms with E-state index < -0.39 is 29.4 Å². The van der Waals surface area contributed by atoms with Crippen LogP contribution in [0.3, 0.4) is 0 Å². The predicted molar refractivity (Wildman–Crippen MR) is 142 cm³/mol. The normalized spacial score (nSPS) is 12.4. The smallest absolute Gasteiger partial charge is 0.326 e. The summed E-state index contributed by atoms with van der Waals surface area (Å²) in [6.07, 6.45) is 12.4. The van der Waals surface area contributed by atoms with Gasteiger partial charge in [-0.15, -0.1) is 0 Å². The quantitative estimate of drug-likeness (QED) is 0.205. The summed E-state index contributed by atoms with van der Waals surface area (Å²) in [7, 11) is 0. The number of carbonyl (C=O) groups is 3. The van der Waals surface area contributed by atoms with Gasteiger partial charge in [0.1, 0.15) is 6.04 Å². The molecule has 3 aromatic rings. The van der Waals surface area contributed by atoms with E-state index in [-0.39, 0.29) is 42.1 Å². The van der Waals surface area contributed by atoms with Crippen LogP contribution in [0.25, 0.3) is 11.2 Å². The first-order chi connectivity index (χ1) is 18.7. The fourth-order valence-electron chi connectivity index (χ4n) is 3.16. The van der Waals surface area contributed by atoms with E-state index in [0.717, 1.165) is 0 Å². The van der Waals surface area contributed by atoms with E-state index in [0.29, 0.717) is 11.4 Å². The highest BCUT2D eigenvalue weighted by molar-refractivity contribution is 5.96. The molecule has 0 bridgehead atoms. The highest BCUT2D eigenvalue weighted by atomic mass is 16.4. The molecule has 14 heteroatoms. The summed E-state index contributed by atoms with van der Waals surface area (Å²) < 4.78 is 0. The molecule has 0 fully saturated rings. The highest BCUT2D eigenvalue weighted by Gasteiger charge is 2.21. The van der Waals surface area contributed by atoms with Crippen molar-refractivity contribution >= 4 is 40.6 Å². The van der Waals surface area contributed by atoms with Crippen molar-refractivity contribution in [3.63, 3.8) is 0 Å². The number of aromatic amines is 1. The number of carboxylic acids is 2. The van der Waals surface area contributed by atoms with Crippen molar-refractivity contribution < 1.29 is 24.6 Å².